The number of hydrogen-bond donors (Lipinski definition) is 1. The number of piperazine rings is 1. The lowest BCUT2D eigenvalue weighted by atomic mass is 9.85. The zero-order chi connectivity index (χ0) is 27.3. The second-order valence-corrected chi connectivity index (χ2v) is 11.4. The molecule has 4 aliphatic rings. The SMILES string of the molecule is O=C(CN1CN(c2ccccc2)C2(CCN(C(=O)c3cnc4[nH]ncc4c3)CC2)C1=O)N1CCN(C2CC2)CC1. The van der Waals surface area contributed by atoms with Crippen LogP contribution < -0.4 is 4.90 Å². The van der Waals surface area contributed by atoms with Crippen LogP contribution in [0.1, 0.15) is 36.0 Å². The van der Waals surface area contributed by atoms with Crippen molar-refractivity contribution in [2.24, 2.45) is 0 Å². The van der Waals surface area contributed by atoms with Crippen molar-refractivity contribution in [2.75, 3.05) is 57.4 Å². The lowest BCUT2D eigenvalue weighted by molar-refractivity contribution is -0.141. The summed E-state index contributed by atoms with van der Waals surface area (Å²) in [6.07, 6.45) is 6.77. The second kappa shape index (κ2) is 9.88. The molecule has 11 nitrogen and oxygen atoms in total. The zero-order valence-corrected chi connectivity index (χ0v) is 22.5. The molecule has 0 atom stereocenters. The van der Waals surface area contributed by atoms with Crippen molar-refractivity contribution >= 4 is 34.4 Å². The molecule has 1 aliphatic carbocycles. The Morgan fingerprint density at radius 3 is 2.42 bits per heavy atom. The van der Waals surface area contributed by atoms with Gasteiger partial charge in [-0.2, -0.15) is 5.10 Å². The first-order valence-corrected chi connectivity index (χ1v) is 14.2. The van der Waals surface area contributed by atoms with Gasteiger partial charge in [-0.3, -0.25) is 24.4 Å². The molecular weight excluding hydrogens is 508 g/mol. The molecule has 3 amide bonds. The number of rotatable bonds is 5. The minimum Gasteiger partial charge on any atom is -0.339 e. The van der Waals surface area contributed by atoms with Gasteiger partial charge in [0.15, 0.2) is 5.65 Å². The lowest BCUT2D eigenvalue weighted by Crippen LogP contribution is -2.57. The third-order valence-electron chi connectivity index (χ3n) is 9.05. The third-order valence-corrected chi connectivity index (χ3v) is 9.05. The van der Waals surface area contributed by atoms with Crippen LogP contribution in [-0.2, 0) is 9.59 Å². The van der Waals surface area contributed by atoms with Crippen molar-refractivity contribution in [2.45, 2.75) is 37.3 Å². The molecule has 3 aromatic rings. The van der Waals surface area contributed by atoms with Crippen molar-refractivity contribution in [3.63, 3.8) is 0 Å². The molecular formula is C29H34N8O3. The number of carbonyl (C=O) groups excluding carboxylic acids is 3. The van der Waals surface area contributed by atoms with Crippen molar-refractivity contribution < 1.29 is 14.4 Å². The van der Waals surface area contributed by atoms with Crippen molar-refractivity contribution in [3.8, 4) is 0 Å². The Hall–Kier alpha value is -3.99. The second-order valence-electron chi connectivity index (χ2n) is 11.4. The molecule has 2 aromatic heterocycles. The van der Waals surface area contributed by atoms with Crippen LogP contribution in [0.4, 0.5) is 5.69 Å². The number of hydrogen-bond acceptors (Lipinski definition) is 7. The topological polar surface area (TPSA) is 109 Å². The number of nitrogens with zero attached hydrogens (tertiary/aromatic N) is 7. The standard InChI is InChI=1S/C29H34N8O3/c38-25(34-14-12-33(13-15-34)23-6-7-23)19-36-20-37(24-4-2-1-3-5-24)29(28(36)40)8-10-35(11-9-29)27(39)22-16-21-18-31-32-26(21)30-17-22/h1-5,16-18,23H,6-15,19-20H2,(H,30,31,32). The molecule has 208 valence electrons. The summed E-state index contributed by atoms with van der Waals surface area (Å²) in [6, 6.07) is 12.4. The number of carbonyl (C=O) groups is 3. The van der Waals surface area contributed by atoms with Crippen LogP contribution in [0.5, 0.6) is 0 Å². The predicted octanol–water partition coefficient (Wildman–Crippen LogP) is 1.55. The molecule has 0 bridgehead atoms. The number of aromatic nitrogens is 3. The molecule has 0 radical (unpaired) electrons. The van der Waals surface area contributed by atoms with Crippen LogP contribution in [0.3, 0.4) is 0 Å². The van der Waals surface area contributed by atoms with Crippen molar-refractivity contribution in [3.05, 3.63) is 54.4 Å². The number of anilines is 1. The van der Waals surface area contributed by atoms with Gasteiger partial charge in [-0.05, 0) is 43.9 Å². The van der Waals surface area contributed by atoms with E-state index in [1.165, 1.54) is 12.8 Å². The number of aromatic amines is 1. The van der Waals surface area contributed by atoms with Gasteiger partial charge >= 0.3 is 0 Å². The average molecular weight is 543 g/mol. The molecule has 3 saturated heterocycles. The molecule has 1 N–H and O–H groups in total. The van der Waals surface area contributed by atoms with E-state index >= 15 is 0 Å². The molecule has 3 aliphatic heterocycles. The van der Waals surface area contributed by atoms with E-state index in [2.05, 4.69) is 25.0 Å². The summed E-state index contributed by atoms with van der Waals surface area (Å²) in [5, 5.41) is 7.58. The highest BCUT2D eigenvalue weighted by atomic mass is 16.2. The van der Waals surface area contributed by atoms with E-state index in [0.717, 1.165) is 37.3 Å². The summed E-state index contributed by atoms with van der Waals surface area (Å²) in [5.74, 6) is -0.0990. The summed E-state index contributed by atoms with van der Waals surface area (Å²) in [5.41, 5.74) is 1.33. The van der Waals surface area contributed by atoms with Crippen LogP contribution >= 0.6 is 0 Å². The zero-order valence-electron chi connectivity index (χ0n) is 22.5. The maximum absolute atomic E-state index is 14.1. The van der Waals surface area contributed by atoms with Crippen LogP contribution in [0.15, 0.2) is 48.8 Å². The maximum atomic E-state index is 14.1. The van der Waals surface area contributed by atoms with Crippen LogP contribution in [0.2, 0.25) is 0 Å². The van der Waals surface area contributed by atoms with Crippen LogP contribution in [0.25, 0.3) is 11.0 Å². The Kier molecular flexibility index (Phi) is 6.18. The first-order chi connectivity index (χ1) is 19.5. The number of piperidine rings is 1. The number of para-hydroxylation sites is 1. The van der Waals surface area contributed by atoms with E-state index < -0.39 is 5.54 Å². The van der Waals surface area contributed by atoms with Gasteiger partial charge in [0.25, 0.3) is 11.8 Å². The normalized spacial score (nSPS) is 21.6. The van der Waals surface area contributed by atoms with Gasteiger partial charge in [0.2, 0.25) is 5.91 Å². The molecule has 40 heavy (non-hydrogen) atoms. The number of likely N-dealkylation sites (tertiary alicyclic amines) is 1. The van der Waals surface area contributed by atoms with E-state index in [-0.39, 0.29) is 24.3 Å². The molecule has 1 saturated carbocycles. The highest BCUT2D eigenvalue weighted by Gasteiger charge is 2.54. The number of amides is 3. The summed E-state index contributed by atoms with van der Waals surface area (Å²) < 4.78 is 0. The fraction of sp³-hybridized carbons (Fsp3) is 0.483. The fourth-order valence-corrected chi connectivity index (χ4v) is 6.58. The highest BCUT2D eigenvalue weighted by Crippen LogP contribution is 2.40. The summed E-state index contributed by atoms with van der Waals surface area (Å²) >= 11 is 0. The Morgan fingerprint density at radius 2 is 1.70 bits per heavy atom. The summed E-state index contributed by atoms with van der Waals surface area (Å²) in [7, 11) is 0. The first-order valence-electron chi connectivity index (χ1n) is 14.2. The fourth-order valence-electron chi connectivity index (χ4n) is 6.58. The first kappa shape index (κ1) is 25.0. The molecule has 11 heteroatoms. The minimum atomic E-state index is -0.782. The Balaban J connectivity index is 1.06. The van der Waals surface area contributed by atoms with Crippen LogP contribution in [0, 0.1) is 0 Å². The average Bonchev–Trinajstić information content (AvgIpc) is 3.69. The van der Waals surface area contributed by atoms with Gasteiger partial charge < -0.3 is 19.6 Å². The van der Waals surface area contributed by atoms with Crippen molar-refractivity contribution in [1.82, 2.24) is 34.8 Å². The molecule has 1 spiro atoms. The maximum Gasteiger partial charge on any atom is 0.255 e. The van der Waals surface area contributed by atoms with E-state index in [0.29, 0.717) is 49.9 Å². The largest absolute Gasteiger partial charge is 0.339 e. The smallest absolute Gasteiger partial charge is 0.255 e. The minimum absolute atomic E-state index is 0.0172. The Morgan fingerprint density at radius 1 is 0.950 bits per heavy atom. The third kappa shape index (κ3) is 4.38. The van der Waals surface area contributed by atoms with E-state index in [1.54, 1.807) is 28.3 Å². The van der Waals surface area contributed by atoms with Gasteiger partial charge in [-0.25, -0.2) is 4.98 Å². The molecule has 5 heterocycles. The van der Waals surface area contributed by atoms with E-state index in [9.17, 15) is 14.4 Å². The molecule has 7 rings (SSSR count). The van der Waals surface area contributed by atoms with Crippen molar-refractivity contribution in [1.29, 1.82) is 0 Å². The summed E-state index contributed by atoms with van der Waals surface area (Å²) in [6.45, 7) is 4.63. The number of H-pyrrole nitrogens is 1. The monoisotopic (exact) mass is 542 g/mol. The number of fused-ring (bicyclic) bond motifs is 1. The van der Waals surface area contributed by atoms with Gasteiger partial charge in [-0.1, -0.05) is 18.2 Å². The van der Waals surface area contributed by atoms with Gasteiger partial charge in [0.1, 0.15) is 12.1 Å². The van der Waals surface area contributed by atoms with Gasteiger partial charge in [-0.15, -0.1) is 0 Å². The number of pyridine rings is 1. The van der Waals surface area contributed by atoms with Gasteiger partial charge in [0.05, 0.1) is 18.4 Å². The predicted molar refractivity (Wildman–Crippen MR) is 148 cm³/mol. The lowest BCUT2D eigenvalue weighted by Gasteiger charge is -2.43. The quantitative estimate of drug-likeness (QED) is 0.521. The van der Waals surface area contributed by atoms with Crippen LogP contribution in [-0.4, -0.2) is 117 Å². The molecule has 4 fully saturated rings. The number of benzene rings is 1. The van der Waals surface area contributed by atoms with Gasteiger partial charge in [0, 0.05) is 62.6 Å². The Labute approximate surface area is 232 Å². The number of nitrogens with one attached hydrogen (secondary N) is 1. The summed E-state index contributed by atoms with van der Waals surface area (Å²) in [4.78, 5) is 55.1. The highest BCUT2D eigenvalue weighted by molar-refractivity contribution is 5.98. The molecule has 0 unspecified atom stereocenters. The molecule has 1 aromatic carbocycles. The Bertz CT molecular complexity index is 1420. The van der Waals surface area contributed by atoms with E-state index in [4.69, 9.17) is 0 Å². The van der Waals surface area contributed by atoms with E-state index in [1.807, 2.05) is 35.2 Å².